The van der Waals surface area contributed by atoms with E-state index < -0.39 is 0 Å². The number of anilines is 2. The second kappa shape index (κ2) is 5.02. The molecule has 0 bridgehead atoms. The van der Waals surface area contributed by atoms with Crippen LogP contribution in [0.4, 0.5) is 11.4 Å². The molecule has 0 atom stereocenters. The zero-order valence-electron chi connectivity index (χ0n) is 10.9. The molecular formula is C15H16N2O2. The predicted octanol–water partition coefficient (Wildman–Crippen LogP) is 2.84. The number of rotatable bonds is 2. The van der Waals surface area contributed by atoms with Crippen molar-refractivity contribution in [3.8, 4) is 5.75 Å². The van der Waals surface area contributed by atoms with Crippen molar-refractivity contribution in [1.82, 2.24) is 0 Å². The topological polar surface area (TPSA) is 75.3 Å². The van der Waals surface area contributed by atoms with E-state index in [4.69, 9.17) is 5.73 Å². The lowest BCUT2D eigenvalue weighted by Crippen LogP contribution is -2.12. The van der Waals surface area contributed by atoms with Gasteiger partial charge < -0.3 is 16.2 Å². The molecule has 4 N–H and O–H groups in total. The lowest BCUT2D eigenvalue weighted by atomic mass is 10.1. The van der Waals surface area contributed by atoms with Gasteiger partial charge in [-0.1, -0.05) is 12.1 Å². The van der Waals surface area contributed by atoms with Crippen LogP contribution in [0.1, 0.15) is 21.5 Å². The van der Waals surface area contributed by atoms with Crippen molar-refractivity contribution in [2.75, 3.05) is 11.1 Å². The number of benzene rings is 2. The van der Waals surface area contributed by atoms with Crippen LogP contribution in [0, 0.1) is 13.8 Å². The third-order valence-corrected chi connectivity index (χ3v) is 3.01. The zero-order chi connectivity index (χ0) is 14.0. The maximum atomic E-state index is 12.1. The molecule has 19 heavy (non-hydrogen) atoms. The lowest BCUT2D eigenvalue weighted by Gasteiger charge is -2.09. The van der Waals surface area contributed by atoms with Crippen LogP contribution in [0.25, 0.3) is 0 Å². The summed E-state index contributed by atoms with van der Waals surface area (Å²) in [7, 11) is 0. The quantitative estimate of drug-likeness (QED) is 0.723. The van der Waals surface area contributed by atoms with Gasteiger partial charge in [-0.25, -0.2) is 0 Å². The fourth-order valence-electron chi connectivity index (χ4n) is 1.79. The molecule has 1 amide bonds. The molecule has 4 nitrogen and oxygen atoms in total. The summed E-state index contributed by atoms with van der Waals surface area (Å²) in [5.74, 6) is -0.336. The molecule has 0 saturated carbocycles. The molecule has 2 aromatic carbocycles. The summed E-state index contributed by atoms with van der Waals surface area (Å²) in [4.78, 5) is 12.1. The van der Waals surface area contributed by atoms with Crippen molar-refractivity contribution in [2.24, 2.45) is 0 Å². The summed E-state index contributed by atoms with van der Waals surface area (Å²) >= 11 is 0. The number of hydrogen-bond acceptors (Lipinski definition) is 3. The van der Waals surface area contributed by atoms with Crippen molar-refractivity contribution < 1.29 is 9.90 Å². The molecule has 0 aliphatic rings. The van der Waals surface area contributed by atoms with Gasteiger partial charge in [-0.3, -0.25) is 4.79 Å². The Labute approximate surface area is 111 Å². The van der Waals surface area contributed by atoms with Gasteiger partial charge in [-0.05, 0) is 49.2 Å². The number of carbonyl (C=O) groups excluding carboxylic acids is 1. The average molecular weight is 256 g/mol. The average Bonchev–Trinajstić information content (AvgIpc) is 2.37. The number of para-hydroxylation sites is 1. The monoisotopic (exact) mass is 256 g/mol. The van der Waals surface area contributed by atoms with Crippen LogP contribution in [-0.4, -0.2) is 11.0 Å². The fourth-order valence-corrected chi connectivity index (χ4v) is 1.79. The number of hydrogen-bond donors (Lipinski definition) is 3. The van der Waals surface area contributed by atoms with Crippen molar-refractivity contribution in [1.29, 1.82) is 0 Å². The third kappa shape index (κ3) is 2.68. The number of carbonyl (C=O) groups is 1. The summed E-state index contributed by atoms with van der Waals surface area (Å²) < 4.78 is 0. The van der Waals surface area contributed by atoms with E-state index >= 15 is 0 Å². The van der Waals surface area contributed by atoms with Crippen LogP contribution in [0.2, 0.25) is 0 Å². The highest BCUT2D eigenvalue weighted by Crippen LogP contribution is 2.23. The Morgan fingerprint density at radius 3 is 2.58 bits per heavy atom. The minimum Gasteiger partial charge on any atom is -0.507 e. The Balaban J connectivity index is 2.26. The molecule has 98 valence electrons. The maximum Gasteiger partial charge on any atom is 0.259 e. The number of nitrogens with one attached hydrogen (secondary N) is 1. The number of nitrogens with two attached hydrogens (primary N) is 1. The van der Waals surface area contributed by atoms with E-state index in [1.807, 2.05) is 6.92 Å². The lowest BCUT2D eigenvalue weighted by molar-refractivity contribution is 0.102. The van der Waals surface area contributed by atoms with Crippen LogP contribution in [0.3, 0.4) is 0 Å². The maximum absolute atomic E-state index is 12.1. The van der Waals surface area contributed by atoms with Crippen molar-refractivity contribution in [2.45, 2.75) is 13.8 Å². The summed E-state index contributed by atoms with van der Waals surface area (Å²) in [6, 6.07) is 10.3. The molecule has 0 spiro atoms. The van der Waals surface area contributed by atoms with Gasteiger partial charge in [0.15, 0.2) is 0 Å². The Bertz CT molecular complexity index is 636. The number of nitrogen functional groups attached to an aromatic ring is 1. The fraction of sp³-hybridized carbons (Fsp3) is 0.133. The van der Waals surface area contributed by atoms with E-state index in [1.165, 1.54) is 0 Å². The molecular weight excluding hydrogens is 240 g/mol. The first-order valence-corrected chi connectivity index (χ1v) is 5.95. The first-order valence-electron chi connectivity index (χ1n) is 5.95. The number of amides is 1. The van der Waals surface area contributed by atoms with E-state index in [1.54, 1.807) is 43.3 Å². The largest absolute Gasteiger partial charge is 0.507 e. The first-order chi connectivity index (χ1) is 8.99. The minimum absolute atomic E-state index is 0.00664. The molecule has 0 aliphatic heterocycles. The van der Waals surface area contributed by atoms with Gasteiger partial charge in [0.1, 0.15) is 5.75 Å². The van der Waals surface area contributed by atoms with E-state index in [-0.39, 0.29) is 17.2 Å². The van der Waals surface area contributed by atoms with Gasteiger partial charge in [-0.2, -0.15) is 0 Å². The second-order valence-electron chi connectivity index (χ2n) is 4.50. The summed E-state index contributed by atoms with van der Waals surface area (Å²) in [5, 5.41) is 12.6. The summed E-state index contributed by atoms with van der Waals surface area (Å²) in [5.41, 5.74) is 8.87. The molecule has 2 aromatic rings. The van der Waals surface area contributed by atoms with Crippen LogP contribution >= 0.6 is 0 Å². The molecule has 0 aromatic heterocycles. The summed E-state index contributed by atoms with van der Waals surface area (Å²) in [6.07, 6.45) is 0. The zero-order valence-corrected chi connectivity index (χ0v) is 10.9. The SMILES string of the molecule is Cc1cc(NC(=O)c2cccc(C)c2O)ccc1N. The Morgan fingerprint density at radius 1 is 1.16 bits per heavy atom. The van der Waals surface area contributed by atoms with Gasteiger partial charge in [0.25, 0.3) is 5.91 Å². The molecule has 0 heterocycles. The van der Waals surface area contributed by atoms with Gasteiger partial charge in [0, 0.05) is 11.4 Å². The Morgan fingerprint density at radius 2 is 1.89 bits per heavy atom. The van der Waals surface area contributed by atoms with Crippen LogP contribution in [0.15, 0.2) is 36.4 Å². The van der Waals surface area contributed by atoms with Gasteiger partial charge >= 0.3 is 0 Å². The minimum atomic E-state index is -0.342. The number of phenolic OH excluding ortho intramolecular Hbond substituents is 1. The van der Waals surface area contributed by atoms with Gasteiger partial charge in [0.2, 0.25) is 0 Å². The Hall–Kier alpha value is -2.49. The predicted molar refractivity (Wildman–Crippen MR) is 76.4 cm³/mol. The normalized spacial score (nSPS) is 10.2. The highest BCUT2D eigenvalue weighted by molar-refractivity contribution is 6.06. The molecule has 4 heteroatoms. The summed E-state index contributed by atoms with van der Waals surface area (Å²) in [6.45, 7) is 3.62. The number of aromatic hydroxyl groups is 1. The molecule has 0 radical (unpaired) electrons. The molecule has 0 saturated heterocycles. The van der Waals surface area contributed by atoms with E-state index in [2.05, 4.69) is 5.32 Å². The van der Waals surface area contributed by atoms with Crippen LogP contribution in [-0.2, 0) is 0 Å². The van der Waals surface area contributed by atoms with E-state index in [0.29, 0.717) is 16.9 Å². The smallest absolute Gasteiger partial charge is 0.259 e. The first kappa shape index (κ1) is 13.0. The van der Waals surface area contributed by atoms with Crippen molar-refractivity contribution >= 4 is 17.3 Å². The van der Waals surface area contributed by atoms with Crippen molar-refractivity contribution in [3.05, 3.63) is 53.1 Å². The van der Waals surface area contributed by atoms with E-state index in [9.17, 15) is 9.90 Å². The van der Waals surface area contributed by atoms with Crippen LogP contribution < -0.4 is 11.1 Å². The van der Waals surface area contributed by atoms with Crippen LogP contribution in [0.5, 0.6) is 5.75 Å². The van der Waals surface area contributed by atoms with Gasteiger partial charge in [0.05, 0.1) is 5.56 Å². The highest BCUT2D eigenvalue weighted by Gasteiger charge is 2.12. The van der Waals surface area contributed by atoms with E-state index in [0.717, 1.165) is 5.56 Å². The number of phenols is 1. The molecule has 0 aliphatic carbocycles. The molecule has 0 unspecified atom stereocenters. The molecule has 2 rings (SSSR count). The Kier molecular flexibility index (Phi) is 3.42. The number of aryl methyl sites for hydroxylation is 2. The third-order valence-electron chi connectivity index (χ3n) is 3.01. The molecule has 0 fully saturated rings. The standard InChI is InChI=1S/C15H16N2O2/c1-9-4-3-5-12(14(9)18)15(19)17-11-6-7-13(16)10(2)8-11/h3-8,18H,16H2,1-2H3,(H,17,19). The second-order valence-corrected chi connectivity index (χ2v) is 4.50. The van der Waals surface area contributed by atoms with Gasteiger partial charge in [-0.15, -0.1) is 0 Å². The van der Waals surface area contributed by atoms with Crippen molar-refractivity contribution in [3.63, 3.8) is 0 Å². The highest BCUT2D eigenvalue weighted by atomic mass is 16.3.